The molecule has 0 bridgehead atoms. The van der Waals surface area contributed by atoms with Gasteiger partial charge < -0.3 is 14.6 Å². The number of benzene rings is 2. The van der Waals surface area contributed by atoms with Gasteiger partial charge in [0.1, 0.15) is 11.6 Å². The highest BCUT2D eigenvalue weighted by Crippen LogP contribution is 2.25. The number of rotatable bonds is 5. The summed E-state index contributed by atoms with van der Waals surface area (Å²) in [5.74, 6) is 1.47. The molecule has 2 aromatic carbocycles. The van der Waals surface area contributed by atoms with E-state index < -0.39 is 0 Å². The molecule has 1 aliphatic rings. The van der Waals surface area contributed by atoms with Gasteiger partial charge in [-0.05, 0) is 67.8 Å². The van der Waals surface area contributed by atoms with E-state index in [0.29, 0.717) is 5.75 Å². The summed E-state index contributed by atoms with van der Waals surface area (Å²) in [6.07, 6.45) is 5.50. The zero-order valence-electron chi connectivity index (χ0n) is 14.8. The normalized spacial score (nSPS) is 13.1. The summed E-state index contributed by atoms with van der Waals surface area (Å²) < 4.78 is 8.76. The van der Waals surface area contributed by atoms with Crippen LogP contribution >= 0.6 is 15.9 Å². The first-order chi connectivity index (χ1) is 13.2. The fourth-order valence-corrected chi connectivity index (χ4v) is 3.51. The second-order valence-electron chi connectivity index (χ2n) is 6.55. The van der Waals surface area contributed by atoms with Gasteiger partial charge in [0.25, 0.3) is 5.91 Å². The Balaban J connectivity index is 1.37. The predicted octanol–water partition coefficient (Wildman–Crippen LogP) is 4.67. The molecule has 6 heteroatoms. The summed E-state index contributed by atoms with van der Waals surface area (Å²) in [5.41, 5.74) is 3.11. The molecule has 0 atom stereocenters. The molecule has 0 unspecified atom stereocenters. The minimum absolute atomic E-state index is 0.0306. The lowest BCUT2D eigenvalue weighted by atomic mass is 10.1. The van der Waals surface area contributed by atoms with Gasteiger partial charge in [0.2, 0.25) is 0 Å². The zero-order chi connectivity index (χ0) is 18.6. The Bertz CT molecular complexity index is 933. The van der Waals surface area contributed by atoms with Crippen LogP contribution in [0.25, 0.3) is 11.4 Å². The Morgan fingerprint density at radius 1 is 1.11 bits per heavy atom. The van der Waals surface area contributed by atoms with Crippen LogP contribution in [-0.4, -0.2) is 22.1 Å². The molecule has 27 heavy (non-hydrogen) atoms. The molecule has 138 valence electrons. The summed E-state index contributed by atoms with van der Waals surface area (Å²) in [6, 6.07) is 15.2. The first-order valence-electron chi connectivity index (χ1n) is 9.02. The van der Waals surface area contributed by atoms with Crippen molar-refractivity contribution in [3.63, 3.8) is 0 Å². The van der Waals surface area contributed by atoms with E-state index in [4.69, 9.17) is 4.74 Å². The molecule has 0 saturated carbocycles. The standard InChI is InChI=1S/C21H20BrN3O2/c22-16-6-10-19(11-7-16)27-14-20(26)24-17-8-4-15(5-9-17)21-23-13-18-3-1-2-12-25(18)21/h4-11,13H,1-3,12,14H2,(H,24,26). The molecule has 1 amide bonds. The molecule has 2 heterocycles. The fraction of sp³-hybridized carbons (Fsp3) is 0.238. The first-order valence-corrected chi connectivity index (χ1v) is 9.81. The van der Waals surface area contributed by atoms with Crippen LogP contribution in [0.2, 0.25) is 0 Å². The lowest BCUT2D eigenvalue weighted by molar-refractivity contribution is -0.118. The van der Waals surface area contributed by atoms with Crippen molar-refractivity contribution in [2.24, 2.45) is 0 Å². The number of imidazole rings is 1. The van der Waals surface area contributed by atoms with Gasteiger partial charge in [-0.2, -0.15) is 0 Å². The average Bonchev–Trinajstić information content (AvgIpc) is 3.12. The van der Waals surface area contributed by atoms with E-state index in [2.05, 4.69) is 30.8 Å². The van der Waals surface area contributed by atoms with Gasteiger partial charge in [0.15, 0.2) is 6.61 Å². The summed E-state index contributed by atoms with van der Waals surface area (Å²) in [6.45, 7) is 0.994. The topological polar surface area (TPSA) is 56.1 Å². The molecule has 4 rings (SSSR count). The van der Waals surface area contributed by atoms with Gasteiger partial charge in [-0.3, -0.25) is 4.79 Å². The van der Waals surface area contributed by atoms with Gasteiger partial charge in [0.05, 0.1) is 0 Å². The fourth-order valence-electron chi connectivity index (χ4n) is 3.25. The van der Waals surface area contributed by atoms with Crippen LogP contribution in [0.3, 0.4) is 0 Å². The lowest BCUT2D eigenvalue weighted by Gasteiger charge is -2.16. The molecule has 0 fully saturated rings. The molecule has 0 radical (unpaired) electrons. The monoisotopic (exact) mass is 425 g/mol. The van der Waals surface area contributed by atoms with Crippen molar-refractivity contribution in [2.75, 3.05) is 11.9 Å². The van der Waals surface area contributed by atoms with Crippen LogP contribution in [-0.2, 0) is 17.8 Å². The second-order valence-corrected chi connectivity index (χ2v) is 7.47. The molecule has 0 spiro atoms. The number of ether oxygens (including phenoxy) is 1. The highest BCUT2D eigenvalue weighted by atomic mass is 79.9. The molecule has 1 aromatic heterocycles. The van der Waals surface area contributed by atoms with Crippen molar-refractivity contribution < 1.29 is 9.53 Å². The number of halogens is 1. The number of anilines is 1. The number of amides is 1. The number of aromatic nitrogens is 2. The summed E-state index contributed by atoms with van der Waals surface area (Å²) in [4.78, 5) is 16.7. The smallest absolute Gasteiger partial charge is 0.262 e. The van der Waals surface area contributed by atoms with E-state index in [9.17, 15) is 4.79 Å². The number of aryl methyl sites for hydroxylation is 1. The average molecular weight is 426 g/mol. The van der Waals surface area contributed by atoms with E-state index in [1.165, 1.54) is 18.5 Å². The summed E-state index contributed by atoms with van der Waals surface area (Å²) in [5, 5.41) is 2.86. The van der Waals surface area contributed by atoms with Crippen molar-refractivity contribution in [1.29, 1.82) is 0 Å². The Kier molecular flexibility index (Phi) is 5.25. The maximum Gasteiger partial charge on any atom is 0.262 e. The summed E-state index contributed by atoms with van der Waals surface area (Å²) >= 11 is 3.37. The third-order valence-corrected chi connectivity index (χ3v) is 5.14. The van der Waals surface area contributed by atoms with E-state index in [0.717, 1.165) is 34.5 Å². The third kappa shape index (κ3) is 4.22. The molecule has 1 aliphatic heterocycles. The molecular weight excluding hydrogens is 406 g/mol. The molecule has 3 aromatic rings. The van der Waals surface area contributed by atoms with Gasteiger partial charge in [0, 0.05) is 34.2 Å². The largest absolute Gasteiger partial charge is 0.484 e. The number of carbonyl (C=O) groups is 1. The van der Waals surface area contributed by atoms with Crippen LogP contribution in [0.15, 0.2) is 59.2 Å². The molecule has 1 N–H and O–H groups in total. The predicted molar refractivity (Wildman–Crippen MR) is 109 cm³/mol. The SMILES string of the molecule is O=C(COc1ccc(Br)cc1)Nc1ccc(-c2ncc3n2CCCC3)cc1. The quantitative estimate of drug-likeness (QED) is 0.646. The number of nitrogens with zero attached hydrogens (tertiary/aromatic N) is 2. The van der Waals surface area contributed by atoms with Crippen LogP contribution in [0, 0.1) is 0 Å². The van der Waals surface area contributed by atoms with Gasteiger partial charge >= 0.3 is 0 Å². The van der Waals surface area contributed by atoms with Gasteiger partial charge in [-0.25, -0.2) is 4.98 Å². The first kappa shape index (κ1) is 17.8. The third-order valence-electron chi connectivity index (χ3n) is 4.61. The minimum atomic E-state index is -0.191. The lowest BCUT2D eigenvalue weighted by Crippen LogP contribution is -2.20. The molecule has 5 nitrogen and oxygen atoms in total. The maximum atomic E-state index is 12.1. The van der Waals surface area contributed by atoms with E-state index in [1.54, 1.807) is 0 Å². The minimum Gasteiger partial charge on any atom is -0.484 e. The number of nitrogens with one attached hydrogen (secondary N) is 1. The Morgan fingerprint density at radius 3 is 2.67 bits per heavy atom. The van der Waals surface area contributed by atoms with Crippen LogP contribution in [0.5, 0.6) is 5.75 Å². The highest BCUT2D eigenvalue weighted by Gasteiger charge is 2.15. The van der Waals surface area contributed by atoms with Gasteiger partial charge in [-0.1, -0.05) is 15.9 Å². The maximum absolute atomic E-state index is 12.1. The molecular formula is C21H20BrN3O2. The van der Waals surface area contributed by atoms with Crippen molar-refractivity contribution >= 4 is 27.5 Å². The summed E-state index contributed by atoms with van der Waals surface area (Å²) in [7, 11) is 0. The van der Waals surface area contributed by atoms with Crippen molar-refractivity contribution in [3.8, 4) is 17.1 Å². The van der Waals surface area contributed by atoms with E-state index >= 15 is 0 Å². The second kappa shape index (κ2) is 7.96. The van der Waals surface area contributed by atoms with Crippen molar-refractivity contribution in [2.45, 2.75) is 25.8 Å². The zero-order valence-corrected chi connectivity index (χ0v) is 16.4. The number of hydrogen-bond donors (Lipinski definition) is 1. The number of fused-ring (bicyclic) bond motifs is 1. The molecule has 0 aliphatic carbocycles. The van der Waals surface area contributed by atoms with Crippen molar-refractivity contribution in [3.05, 3.63) is 64.9 Å². The Morgan fingerprint density at radius 2 is 1.89 bits per heavy atom. The Hall–Kier alpha value is -2.60. The van der Waals surface area contributed by atoms with E-state index in [1.807, 2.05) is 54.7 Å². The van der Waals surface area contributed by atoms with Crippen LogP contribution in [0.1, 0.15) is 18.5 Å². The van der Waals surface area contributed by atoms with Crippen LogP contribution in [0.4, 0.5) is 5.69 Å². The van der Waals surface area contributed by atoms with Crippen molar-refractivity contribution in [1.82, 2.24) is 9.55 Å². The number of carbonyl (C=O) groups excluding carboxylic acids is 1. The molecule has 0 saturated heterocycles. The number of hydrogen-bond acceptors (Lipinski definition) is 3. The van der Waals surface area contributed by atoms with Crippen LogP contribution < -0.4 is 10.1 Å². The Labute approximate surface area is 166 Å². The highest BCUT2D eigenvalue weighted by molar-refractivity contribution is 9.10. The van der Waals surface area contributed by atoms with Gasteiger partial charge in [-0.15, -0.1) is 0 Å². The van der Waals surface area contributed by atoms with E-state index in [-0.39, 0.29) is 12.5 Å².